The van der Waals surface area contributed by atoms with Crippen LogP contribution in [-0.4, -0.2) is 44.5 Å². The zero-order valence-corrected chi connectivity index (χ0v) is 19.7. The zero-order valence-electron chi connectivity index (χ0n) is 16.5. The summed E-state index contributed by atoms with van der Waals surface area (Å²) in [7, 11) is -2.36. The number of hydrogen-bond donors (Lipinski definition) is 1. The molecule has 3 rings (SSSR count). The number of halogens is 2. The Labute approximate surface area is 193 Å². The van der Waals surface area contributed by atoms with Crippen LogP contribution in [0.5, 0.6) is 0 Å². The summed E-state index contributed by atoms with van der Waals surface area (Å²) in [6, 6.07) is 11.6. The Kier molecular flexibility index (Phi) is 7.23. The zero-order chi connectivity index (χ0) is 22.8. The van der Waals surface area contributed by atoms with Crippen molar-refractivity contribution in [2.45, 2.75) is 6.54 Å². The molecule has 0 fully saturated rings. The predicted octanol–water partition coefficient (Wildman–Crippen LogP) is 4.40. The Hall–Kier alpha value is -2.17. The molecule has 1 heterocycles. The van der Waals surface area contributed by atoms with Crippen LogP contribution in [0.4, 0.5) is 5.69 Å². The van der Waals surface area contributed by atoms with Crippen LogP contribution in [0.3, 0.4) is 0 Å². The minimum absolute atomic E-state index is 0.0325. The van der Waals surface area contributed by atoms with Gasteiger partial charge in [-0.2, -0.15) is 4.31 Å². The van der Waals surface area contributed by atoms with Crippen molar-refractivity contribution in [2.24, 2.45) is 0 Å². The minimum atomic E-state index is -3.67. The van der Waals surface area contributed by atoms with E-state index < -0.39 is 21.9 Å². The van der Waals surface area contributed by atoms with Crippen molar-refractivity contribution < 1.29 is 22.7 Å². The Morgan fingerprint density at radius 1 is 1.10 bits per heavy atom. The first kappa shape index (κ1) is 23.5. The number of hydrogen-bond acceptors (Lipinski definition) is 6. The lowest BCUT2D eigenvalue weighted by atomic mass is 10.2. The standard InChI is InChI=1S/C20H18Cl2N2O5S2/c1-29-20(26)18-9-13-8-14(4-6-17(13)30-18)23-19(25)11-24(31(2,27)28)10-12-3-5-15(21)16(22)7-12/h3-9H,10-11H2,1-2H3,(H,23,25). The summed E-state index contributed by atoms with van der Waals surface area (Å²) >= 11 is 13.2. The first-order valence-electron chi connectivity index (χ1n) is 8.87. The molecule has 7 nitrogen and oxygen atoms in total. The third-order valence-electron chi connectivity index (χ3n) is 4.32. The maximum absolute atomic E-state index is 12.5. The molecule has 0 unspecified atom stereocenters. The molecule has 0 atom stereocenters. The lowest BCUT2D eigenvalue weighted by Crippen LogP contribution is -2.36. The fourth-order valence-corrected chi connectivity index (χ4v) is 4.83. The topological polar surface area (TPSA) is 92.8 Å². The molecule has 0 aliphatic rings. The second-order valence-electron chi connectivity index (χ2n) is 6.68. The molecular weight excluding hydrogens is 483 g/mol. The van der Waals surface area contributed by atoms with Gasteiger partial charge in [0.1, 0.15) is 4.88 Å². The monoisotopic (exact) mass is 500 g/mol. The molecule has 0 saturated carbocycles. The summed E-state index contributed by atoms with van der Waals surface area (Å²) in [5.41, 5.74) is 1.08. The van der Waals surface area contributed by atoms with Crippen LogP contribution in [-0.2, 0) is 26.1 Å². The molecule has 0 bridgehead atoms. The summed E-state index contributed by atoms with van der Waals surface area (Å²) in [4.78, 5) is 24.7. The summed E-state index contributed by atoms with van der Waals surface area (Å²) in [6.45, 7) is -0.413. The van der Waals surface area contributed by atoms with Crippen LogP contribution >= 0.6 is 34.5 Å². The van der Waals surface area contributed by atoms with Gasteiger partial charge in [0.05, 0.1) is 30.0 Å². The third-order valence-corrected chi connectivity index (χ3v) is 7.35. The average molecular weight is 501 g/mol. The number of carbonyl (C=O) groups excluding carboxylic acids is 2. The number of fused-ring (bicyclic) bond motifs is 1. The molecule has 0 spiro atoms. The van der Waals surface area contributed by atoms with E-state index in [0.717, 1.165) is 20.6 Å². The number of amides is 1. The van der Waals surface area contributed by atoms with Crippen molar-refractivity contribution in [2.75, 3.05) is 25.2 Å². The summed E-state index contributed by atoms with van der Waals surface area (Å²) < 4.78 is 31.0. The first-order valence-corrected chi connectivity index (χ1v) is 12.3. The molecular formula is C20H18Cl2N2O5S2. The van der Waals surface area contributed by atoms with E-state index in [1.165, 1.54) is 18.4 Å². The molecule has 0 saturated heterocycles. The van der Waals surface area contributed by atoms with Gasteiger partial charge in [0.25, 0.3) is 0 Å². The summed E-state index contributed by atoms with van der Waals surface area (Å²) in [5.74, 6) is -0.939. The molecule has 0 aliphatic heterocycles. The molecule has 31 heavy (non-hydrogen) atoms. The number of nitrogens with one attached hydrogen (secondary N) is 1. The van der Waals surface area contributed by atoms with Gasteiger partial charge in [0.15, 0.2) is 0 Å². The van der Waals surface area contributed by atoms with Crippen LogP contribution < -0.4 is 5.32 Å². The van der Waals surface area contributed by atoms with E-state index >= 15 is 0 Å². The molecule has 0 radical (unpaired) electrons. The second-order valence-corrected chi connectivity index (χ2v) is 10.6. The van der Waals surface area contributed by atoms with Crippen molar-refractivity contribution in [3.8, 4) is 0 Å². The number of anilines is 1. The Morgan fingerprint density at radius 3 is 2.48 bits per heavy atom. The van der Waals surface area contributed by atoms with Crippen LogP contribution in [0.25, 0.3) is 10.1 Å². The number of esters is 1. The quantitative estimate of drug-likeness (QED) is 0.485. The maximum Gasteiger partial charge on any atom is 0.348 e. The van der Waals surface area contributed by atoms with Gasteiger partial charge < -0.3 is 10.1 Å². The number of benzene rings is 2. The number of methoxy groups -OCH3 is 1. The largest absolute Gasteiger partial charge is 0.465 e. The lowest BCUT2D eigenvalue weighted by molar-refractivity contribution is -0.116. The van der Waals surface area contributed by atoms with E-state index in [2.05, 4.69) is 5.32 Å². The Morgan fingerprint density at radius 2 is 1.84 bits per heavy atom. The van der Waals surface area contributed by atoms with E-state index in [9.17, 15) is 18.0 Å². The van der Waals surface area contributed by atoms with E-state index in [4.69, 9.17) is 27.9 Å². The van der Waals surface area contributed by atoms with Gasteiger partial charge in [0, 0.05) is 16.9 Å². The highest BCUT2D eigenvalue weighted by Gasteiger charge is 2.21. The second kappa shape index (κ2) is 9.54. The smallest absolute Gasteiger partial charge is 0.348 e. The average Bonchev–Trinajstić information content (AvgIpc) is 3.12. The van der Waals surface area contributed by atoms with Crippen molar-refractivity contribution in [1.29, 1.82) is 0 Å². The fraction of sp³-hybridized carbons (Fsp3) is 0.200. The number of sulfonamides is 1. The number of carbonyl (C=O) groups is 2. The van der Waals surface area contributed by atoms with Gasteiger partial charge in [-0.3, -0.25) is 4.79 Å². The number of nitrogens with zero attached hydrogens (tertiary/aromatic N) is 1. The summed E-state index contributed by atoms with van der Waals surface area (Å²) in [5, 5.41) is 4.11. The van der Waals surface area contributed by atoms with Gasteiger partial charge in [-0.15, -0.1) is 11.3 Å². The minimum Gasteiger partial charge on any atom is -0.465 e. The number of thiophene rings is 1. The molecule has 2 aromatic carbocycles. The molecule has 0 aliphatic carbocycles. The van der Waals surface area contributed by atoms with Crippen LogP contribution in [0.2, 0.25) is 10.0 Å². The SMILES string of the molecule is COC(=O)c1cc2cc(NC(=O)CN(Cc3ccc(Cl)c(Cl)c3)S(C)(=O)=O)ccc2s1. The highest BCUT2D eigenvalue weighted by atomic mass is 35.5. The van der Waals surface area contributed by atoms with Crippen LogP contribution in [0.1, 0.15) is 15.2 Å². The number of ether oxygens (including phenoxy) is 1. The van der Waals surface area contributed by atoms with E-state index in [-0.39, 0.29) is 13.1 Å². The van der Waals surface area contributed by atoms with Crippen molar-refractivity contribution in [3.63, 3.8) is 0 Å². The van der Waals surface area contributed by atoms with E-state index in [1.54, 1.807) is 42.5 Å². The van der Waals surface area contributed by atoms with Crippen molar-refractivity contribution in [3.05, 3.63) is 63.0 Å². The van der Waals surface area contributed by atoms with Crippen molar-refractivity contribution >= 4 is 72.2 Å². The highest BCUT2D eigenvalue weighted by molar-refractivity contribution is 7.88. The molecule has 164 valence electrons. The molecule has 3 aromatic rings. The summed E-state index contributed by atoms with van der Waals surface area (Å²) in [6.07, 6.45) is 1.03. The number of rotatable bonds is 7. The predicted molar refractivity (Wildman–Crippen MR) is 124 cm³/mol. The lowest BCUT2D eigenvalue weighted by Gasteiger charge is -2.20. The fourth-order valence-electron chi connectivity index (χ4n) is 2.82. The molecule has 1 aromatic heterocycles. The van der Waals surface area contributed by atoms with Gasteiger partial charge in [0.2, 0.25) is 15.9 Å². The van der Waals surface area contributed by atoms with Gasteiger partial charge in [-0.1, -0.05) is 29.3 Å². The molecule has 1 N–H and O–H groups in total. The van der Waals surface area contributed by atoms with E-state index in [1.807, 2.05) is 0 Å². The van der Waals surface area contributed by atoms with Crippen molar-refractivity contribution in [1.82, 2.24) is 4.31 Å². The maximum atomic E-state index is 12.5. The highest BCUT2D eigenvalue weighted by Crippen LogP contribution is 2.29. The van der Waals surface area contributed by atoms with Gasteiger partial charge >= 0.3 is 5.97 Å². The Bertz CT molecular complexity index is 1260. The molecule has 1 amide bonds. The first-order chi connectivity index (χ1) is 14.6. The van der Waals surface area contributed by atoms with Crippen LogP contribution in [0.15, 0.2) is 42.5 Å². The molecule has 11 heteroatoms. The normalized spacial score (nSPS) is 11.6. The van der Waals surface area contributed by atoms with E-state index in [0.29, 0.717) is 26.2 Å². The van der Waals surface area contributed by atoms with Crippen LogP contribution in [0, 0.1) is 0 Å². The van der Waals surface area contributed by atoms with Gasteiger partial charge in [-0.25, -0.2) is 13.2 Å². The third kappa shape index (κ3) is 5.96. The Balaban J connectivity index is 1.74. The van der Waals surface area contributed by atoms with Gasteiger partial charge in [-0.05, 0) is 47.3 Å².